The predicted molar refractivity (Wildman–Crippen MR) is 93.3 cm³/mol. The first-order valence-electron chi connectivity index (χ1n) is 8.78. The summed E-state index contributed by atoms with van der Waals surface area (Å²) >= 11 is 0. The molecule has 2 rings (SSSR count). The minimum Gasteiger partial charge on any atom is -0.352 e. The van der Waals surface area contributed by atoms with Crippen molar-refractivity contribution in [1.29, 1.82) is 0 Å². The molecule has 1 N–H and O–H groups in total. The Morgan fingerprint density at radius 3 is 2.58 bits per heavy atom. The molecule has 1 aromatic heterocycles. The number of nitrogens with one attached hydrogen (secondary N) is 1. The van der Waals surface area contributed by atoms with Gasteiger partial charge in [0.05, 0.1) is 11.6 Å². The summed E-state index contributed by atoms with van der Waals surface area (Å²) < 4.78 is 1.84. The van der Waals surface area contributed by atoms with E-state index in [4.69, 9.17) is 0 Å². The summed E-state index contributed by atoms with van der Waals surface area (Å²) in [6.07, 6.45) is 1.09. The van der Waals surface area contributed by atoms with E-state index in [1.54, 1.807) is 0 Å². The topological polar surface area (TPSA) is 67.2 Å². The molecule has 1 aromatic rings. The van der Waals surface area contributed by atoms with Crippen LogP contribution < -0.4 is 5.32 Å². The van der Waals surface area contributed by atoms with E-state index in [0.717, 1.165) is 17.0 Å². The molecule has 1 aliphatic rings. The zero-order valence-corrected chi connectivity index (χ0v) is 15.7. The van der Waals surface area contributed by atoms with Crippen LogP contribution in [-0.2, 0) is 23.2 Å². The highest BCUT2D eigenvalue weighted by Crippen LogP contribution is 2.26. The zero-order valence-electron chi connectivity index (χ0n) is 15.7. The Hall–Kier alpha value is -1.85. The highest BCUT2D eigenvalue weighted by molar-refractivity contribution is 5.84. The van der Waals surface area contributed by atoms with E-state index in [-0.39, 0.29) is 23.8 Å². The van der Waals surface area contributed by atoms with Crippen molar-refractivity contribution in [2.45, 2.75) is 60.0 Å². The number of aryl methyl sites for hydroxylation is 2. The molecule has 6 nitrogen and oxygen atoms in total. The van der Waals surface area contributed by atoms with Gasteiger partial charge in [0, 0.05) is 43.9 Å². The Bertz CT molecular complexity index is 621. The Morgan fingerprint density at radius 2 is 2.04 bits per heavy atom. The first-order chi connectivity index (χ1) is 11.2. The van der Waals surface area contributed by atoms with Gasteiger partial charge in [-0.1, -0.05) is 13.8 Å². The average Bonchev–Trinajstić information content (AvgIpc) is 2.74. The third-order valence-electron chi connectivity index (χ3n) is 5.06. The minimum absolute atomic E-state index is 0.0337. The van der Waals surface area contributed by atoms with Crippen LogP contribution >= 0.6 is 0 Å². The molecule has 0 saturated carbocycles. The average molecular weight is 334 g/mol. The lowest BCUT2D eigenvalue weighted by Gasteiger charge is -2.39. The van der Waals surface area contributed by atoms with Crippen molar-refractivity contribution in [2.75, 3.05) is 6.54 Å². The summed E-state index contributed by atoms with van der Waals surface area (Å²) in [5.74, 6) is 0.461. The summed E-state index contributed by atoms with van der Waals surface area (Å²) in [5.41, 5.74) is 3.09. The number of hydrogen-bond donors (Lipinski definition) is 1. The van der Waals surface area contributed by atoms with Crippen LogP contribution in [0.15, 0.2) is 0 Å². The normalized spacial score (nSPS) is 21.5. The van der Waals surface area contributed by atoms with Crippen molar-refractivity contribution in [3.8, 4) is 0 Å². The van der Waals surface area contributed by atoms with Crippen LogP contribution in [0.25, 0.3) is 0 Å². The number of rotatable bonds is 5. The van der Waals surface area contributed by atoms with Crippen LogP contribution in [0, 0.1) is 25.7 Å². The molecule has 0 unspecified atom stereocenters. The van der Waals surface area contributed by atoms with Crippen LogP contribution in [0.3, 0.4) is 0 Å². The van der Waals surface area contributed by atoms with Gasteiger partial charge in [-0.2, -0.15) is 5.10 Å². The highest BCUT2D eigenvalue weighted by Gasteiger charge is 2.36. The van der Waals surface area contributed by atoms with Gasteiger partial charge in [-0.15, -0.1) is 0 Å². The van der Waals surface area contributed by atoms with Gasteiger partial charge in [-0.3, -0.25) is 14.3 Å². The Morgan fingerprint density at radius 1 is 1.38 bits per heavy atom. The fourth-order valence-electron chi connectivity index (χ4n) is 3.50. The van der Waals surface area contributed by atoms with E-state index in [1.165, 1.54) is 0 Å². The third kappa shape index (κ3) is 3.79. The quantitative estimate of drug-likeness (QED) is 0.895. The zero-order chi connectivity index (χ0) is 18.0. The lowest BCUT2D eigenvalue weighted by atomic mass is 9.88. The molecule has 2 atom stereocenters. The van der Waals surface area contributed by atoms with E-state index >= 15 is 0 Å². The van der Waals surface area contributed by atoms with Gasteiger partial charge >= 0.3 is 0 Å². The molecule has 0 bridgehead atoms. The number of carbonyl (C=O) groups excluding carboxylic acids is 2. The van der Waals surface area contributed by atoms with Crippen LogP contribution in [0.2, 0.25) is 0 Å². The maximum Gasteiger partial charge on any atom is 0.225 e. The number of nitrogens with zero attached hydrogens (tertiary/aromatic N) is 3. The standard InChI is InChI=1S/C18H30N4O2/c1-11(2)10-22-14(5)15(7-8-17(22)23)18(24)19-9-16-12(3)20-21(6)13(16)4/h11,14-15H,7-10H2,1-6H3,(H,19,24)/t14-,15-/m1/s1. The Kier molecular flexibility index (Phi) is 5.67. The van der Waals surface area contributed by atoms with Crippen LogP contribution in [0.4, 0.5) is 0 Å². The first kappa shape index (κ1) is 18.5. The fourth-order valence-corrected chi connectivity index (χ4v) is 3.50. The summed E-state index contributed by atoms with van der Waals surface area (Å²) in [4.78, 5) is 26.7. The van der Waals surface area contributed by atoms with Crippen molar-refractivity contribution >= 4 is 11.8 Å². The Labute approximate surface area is 144 Å². The molecule has 0 aromatic carbocycles. The molecule has 2 heterocycles. The smallest absolute Gasteiger partial charge is 0.225 e. The van der Waals surface area contributed by atoms with E-state index in [9.17, 15) is 9.59 Å². The molecule has 1 fully saturated rings. The van der Waals surface area contributed by atoms with Gasteiger partial charge in [0.15, 0.2) is 0 Å². The van der Waals surface area contributed by atoms with Crippen molar-refractivity contribution < 1.29 is 9.59 Å². The number of carbonyl (C=O) groups is 2. The van der Waals surface area contributed by atoms with Gasteiger partial charge in [0.1, 0.15) is 0 Å². The maximum atomic E-state index is 12.7. The number of amides is 2. The molecule has 0 aliphatic carbocycles. The third-order valence-corrected chi connectivity index (χ3v) is 5.06. The van der Waals surface area contributed by atoms with Crippen LogP contribution in [0.1, 0.15) is 50.6 Å². The molecule has 0 radical (unpaired) electrons. The van der Waals surface area contributed by atoms with Crippen molar-refractivity contribution in [1.82, 2.24) is 20.0 Å². The molecule has 0 spiro atoms. The van der Waals surface area contributed by atoms with Gasteiger partial charge in [-0.25, -0.2) is 0 Å². The van der Waals surface area contributed by atoms with Crippen LogP contribution in [-0.4, -0.2) is 39.1 Å². The molecule has 134 valence electrons. The molecular weight excluding hydrogens is 304 g/mol. The van der Waals surface area contributed by atoms with Crippen LogP contribution in [0.5, 0.6) is 0 Å². The second-order valence-corrected chi connectivity index (χ2v) is 7.32. The lowest BCUT2D eigenvalue weighted by Crippen LogP contribution is -2.52. The van der Waals surface area contributed by atoms with E-state index in [2.05, 4.69) is 24.3 Å². The highest BCUT2D eigenvalue weighted by atomic mass is 16.2. The van der Waals surface area contributed by atoms with E-state index < -0.39 is 0 Å². The van der Waals surface area contributed by atoms with E-state index in [0.29, 0.717) is 31.8 Å². The molecule has 6 heteroatoms. The number of aromatic nitrogens is 2. The van der Waals surface area contributed by atoms with Gasteiger partial charge in [0.2, 0.25) is 11.8 Å². The van der Waals surface area contributed by atoms with Crippen molar-refractivity contribution in [3.63, 3.8) is 0 Å². The Balaban J connectivity index is 2.02. The maximum absolute atomic E-state index is 12.7. The largest absolute Gasteiger partial charge is 0.352 e. The SMILES string of the molecule is Cc1nn(C)c(C)c1CNC(=O)[C@@H]1CCC(=O)N(CC(C)C)[C@@H]1C. The number of piperidine rings is 1. The lowest BCUT2D eigenvalue weighted by molar-refractivity contribution is -0.143. The predicted octanol–water partition coefficient (Wildman–Crippen LogP) is 1.94. The summed E-state index contributed by atoms with van der Waals surface area (Å²) in [6, 6.07) is -0.0512. The minimum atomic E-state index is -0.140. The van der Waals surface area contributed by atoms with Gasteiger partial charge in [-0.05, 0) is 33.1 Å². The molecule has 24 heavy (non-hydrogen) atoms. The van der Waals surface area contributed by atoms with Crippen molar-refractivity contribution in [2.24, 2.45) is 18.9 Å². The van der Waals surface area contributed by atoms with Gasteiger partial charge in [0.25, 0.3) is 0 Å². The molecule has 1 aliphatic heterocycles. The monoisotopic (exact) mass is 334 g/mol. The van der Waals surface area contributed by atoms with Gasteiger partial charge < -0.3 is 10.2 Å². The molecule has 2 amide bonds. The van der Waals surface area contributed by atoms with Crippen molar-refractivity contribution in [3.05, 3.63) is 17.0 Å². The fraction of sp³-hybridized carbons (Fsp3) is 0.722. The second kappa shape index (κ2) is 7.36. The summed E-state index contributed by atoms with van der Waals surface area (Å²) in [5, 5.41) is 7.44. The molecule has 1 saturated heterocycles. The van der Waals surface area contributed by atoms with E-state index in [1.807, 2.05) is 37.4 Å². The number of hydrogen-bond acceptors (Lipinski definition) is 3. The molecular formula is C18H30N4O2. The summed E-state index contributed by atoms with van der Waals surface area (Å²) in [6.45, 7) is 11.4. The summed E-state index contributed by atoms with van der Waals surface area (Å²) in [7, 11) is 1.91. The second-order valence-electron chi connectivity index (χ2n) is 7.32. The first-order valence-corrected chi connectivity index (χ1v) is 8.78. The number of likely N-dealkylation sites (tertiary alicyclic amines) is 1.